The third kappa shape index (κ3) is 2.64. The van der Waals surface area contributed by atoms with Crippen LogP contribution in [-0.4, -0.2) is 36.3 Å². The van der Waals surface area contributed by atoms with E-state index in [1.807, 2.05) is 13.1 Å². The van der Waals surface area contributed by atoms with E-state index in [1.54, 1.807) is 13.0 Å². The molecule has 3 aromatic heterocycles. The molecule has 0 radical (unpaired) electrons. The van der Waals surface area contributed by atoms with Gasteiger partial charge in [-0.2, -0.15) is 10.2 Å². The summed E-state index contributed by atoms with van der Waals surface area (Å²) in [5, 5.41) is 16.6. The van der Waals surface area contributed by atoms with Crippen molar-refractivity contribution in [2.24, 2.45) is 0 Å². The summed E-state index contributed by atoms with van der Waals surface area (Å²) in [7, 11) is 0. The Hall–Kier alpha value is -2.64. The number of fused-ring (bicyclic) bond motifs is 1. The molecule has 0 aliphatic heterocycles. The van der Waals surface area contributed by atoms with Crippen LogP contribution in [0.3, 0.4) is 0 Å². The molecule has 0 unspecified atom stereocenters. The summed E-state index contributed by atoms with van der Waals surface area (Å²) >= 11 is 0. The molecular formula is C13H17N7O. The minimum absolute atomic E-state index is 0.267. The van der Waals surface area contributed by atoms with Crippen molar-refractivity contribution in [1.82, 2.24) is 29.8 Å². The van der Waals surface area contributed by atoms with Gasteiger partial charge in [-0.25, -0.2) is 19.3 Å². The van der Waals surface area contributed by atoms with Crippen molar-refractivity contribution >= 4 is 11.5 Å². The maximum Gasteiger partial charge on any atom is 0.349 e. The van der Waals surface area contributed by atoms with E-state index in [0.717, 1.165) is 30.9 Å². The lowest BCUT2D eigenvalue weighted by atomic mass is 10.1. The normalized spacial score (nSPS) is 11.1. The molecule has 8 nitrogen and oxygen atoms in total. The van der Waals surface area contributed by atoms with Crippen LogP contribution in [0.5, 0.6) is 0 Å². The maximum absolute atomic E-state index is 11.5. The predicted molar refractivity (Wildman–Crippen MR) is 78.5 cm³/mol. The van der Waals surface area contributed by atoms with Crippen molar-refractivity contribution in [1.29, 1.82) is 0 Å². The van der Waals surface area contributed by atoms with Gasteiger partial charge in [0.1, 0.15) is 11.6 Å². The van der Waals surface area contributed by atoms with E-state index < -0.39 is 0 Å². The second-order valence-corrected chi connectivity index (χ2v) is 4.96. The molecule has 3 rings (SSSR count). The molecule has 3 heterocycles. The first-order valence-electron chi connectivity index (χ1n) is 6.82. The van der Waals surface area contributed by atoms with Crippen LogP contribution in [-0.2, 0) is 6.42 Å². The van der Waals surface area contributed by atoms with Crippen LogP contribution < -0.4 is 11.0 Å². The average Bonchev–Trinajstić information content (AvgIpc) is 3.02. The van der Waals surface area contributed by atoms with Crippen molar-refractivity contribution in [3.63, 3.8) is 0 Å². The molecule has 3 N–H and O–H groups in total. The zero-order chi connectivity index (χ0) is 14.8. The van der Waals surface area contributed by atoms with Crippen LogP contribution in [0, 0.1) is 13.8 Å². The number of rotatable bonds is 5. The molecule has 0 amide bonds. The number of aryl methyl sites for hydroxylation is 3. The number of hydrogen-bond donors (Lipinski definition) is 3. The van der Waals surface area contributed by atoms with Gasteiger partial charge in [0.25, 0.3) is 0 Å². The van der Waals surface area contributed by atoms with Gasteiger partial charge in [0.05, 0.1) is 6.20 Å². The molecule has 0 aliphatic rings. The molecule has 0 bridgehead atoms. The van der Waals surface area contributed by atoms with Crippen molar-refractivity contribution in [2.45, 2.75) is 26.7 Å². The molecule has 0 fully saturated rings. The molecule has 0 saturated carbocycles. The summed E-state index contributed by atoms with van der Waals surface area (Å²) < 4.78 is 1.44. The topological polar surface area (TPSA) is 104 Å². The van der Waals surface area contributed by atoms with Gasteiger partial charge in [0, 0.05) is 18.3 Å². The van der Waals surface area contributed by atoms with Crippen LogP contribution in [0.4, 0.5) is 5.82 Å². The van der Waals surface area contributed by atoms with Gasteiger partial charge in [-0.3, -0.25) is 5.10 Å². The van der Waals surface area contributed by atoms with Crippen molar-refractivity contribution in [3.05, 3.63) is 39.8 Å². The van der Waals surface area contributed by atoms with Crippen LogP contribution in [0.25, 0.3) is 5.65 Å². The van der Waals surface area contributed by atoms with Crippen LogP contribution in [0.2, 0.25) is 0 Å². The molecule has 110 valence electrons. The first kappa shape index (κ1) is 13.3. The van der Waals surface area contributed by atoms with Gasteiger partial charge in [0.15, 0.2) is 5.65 Å². The summed E-state index contributed by atoms with van der Waals surface area (Å²) in [5.74, 6) is 1.34. The number of nitrogens with zero attached hydrogens (tertiary/aromatic N) is 4. The quantitative estimate of drug-likeness (QED) is 0.602. The Kier molecular flexibility index (Phi) is 3.43. The highest BCUT2D eigenvalue weighted by molar-refractivity contribution is 5.49. The average molecular weight is 287 g/mol. The second-order valence-electron chi connectivity index (χ2n) is 4.96. The number of aromatic amines is 2. The molecule has 8 heteroatoms. The summed E-state index contributed by atoms with van der Waals surface area (Å²) in [6, 6.07) is 1.76. The van der Waals surface area contributed by atoms with Crippen molar-refractivity contribution < 1.29 is 0 Å². The summed E-state index contributed by atoms with van der Waals surface area (Å²) in [6.07, 6.45) is 3.79. The van der Waals surface area contributed by atoms with Gasteiger partial charge in [-0.05, 0) is 32.3 Å². The SMILES string of the molecule is Cc1[nH]ncc1CCCNc1cc2n[nH]c(=O)n2c(C)n1. The fourth-order valence-electron chi connectivity index (χ4n) is 2.31. The molecule has 3 aromatic rings. The van der Waals surface area contributed by atoms with Crippen LogP contribution in [0.15, 0.2) is 17.1 Å². The molecule has 0 saturated heterocycles. The van der Waals surface area contributed by atoms with E-state index in [2.05, 4.69) is 30.7 Å². The first-order chi connectivity index (χ1) is 10.1. The van der Waals surface area contributed by atoms with Crippen molar-refractivity contribution in [2.75, 3.05) is 11.9 Å². The van der Waals surface area contributed by atoms with Gasteiger partial charge in [-0.1, -0.05) is 0 Å². The monoisotopic (exact) mass is 287 g/mol. The van der Waals surface area contributed by atoms with Gasteiger partial charge in [0.2, 0.25) is 0 Å². The minimum Gasteiger partial charge on any atom is -0.370 e. The van der Waals surface area contributed by atoms with E-state index in [0.29, 0.717) is 11.5 Å². The third-order valence-corrected chi connectivity index (χ3v) is 3.43. The second kappa shape index (κ2) is 5.39. The fraction of sp³-hybridized carbons (Fsp3) is 0.385. The fourth-order valence-corrected chi connectivity index (χ4v) is 2.31. The van der Waals surface area contributed by atoms with E-state index in [4.69, 9.17) is 0 Å². The summed E-state index contributed by atoms with van der Waals surface area (Å²) in [6.45, 7) is 4.59. The van der Waals surface area contributed by atoms with E-state index in [1.165, 1.54) is 9.96 Å². The molecule has 0 aromatic carbocycles. The number of anilines is 1. The Morgan fingerprint density at radius 3 is 2.95 bits per heavy atom. The summed E-state index contributed by atoms with van der Waals surface area (Å²) in [4.78, 5) is 15.9. The van der Waals surface area contributed by atoms with Gasteiger partial charge < -0.3 is 5.32 Å². The summed E-state index contributed by atoms with van der Waals surface area (Å²) in [5.41, 5.74) is 2.65. The molecule has 0 aliphatic carbocycles. The Balaban J connectivity index is 1.63. The highest BCUT2D eigenvalue weighted by atomic mass is 16.1. The Morgan fingerprint density at radius 2 is 2.19 bits per heavy atom. The Morgan fingerprint density at radius 1 is 1.33 bits per heavy atom. The number of nitrogens with one attached hydrogen (secondary N) is 3. The van der Waals surface area contributed by atoms with E-state index in [9.17, 15) is 4.79 Å². The molecular weight excluding hydrogens is 270 g/mol. The van der Waals surface area contributed by atoms with E-state index in [-0.39, 0.29) is 5.69 Å². The smallest absolute Gasteiger partial charge is 0.349 e. The van der Waals surface area contributed by atoms with Crippen LogP contribution >= 0.6 is 0 Å². The Labute approximate surface area is 120 Å². The standard InChI is InChI=1S/C13H17N7O/c1-8-10(7-15-17-8)4-3-5-14-11-6-12-18-19-13(21)20(12)9(2)16-11/h6-7,14H,3-5H2,1-2H3,(H,15,17)(H,19,21). The number of H-pyrrole nitrogens is 2. The third-order valence-electron chi connectivity index (χ3n) is 3.43. The molecule has 0 atom stereocenters. The molecule has 21 heavy (non-hydrogen) atoms. The maximum atomic E-state index is 11.5. The lowest BCUT2D eigenvalue weighted by molar-refractivity contribution is 0.848. The van der Waals surface area contributed by atoms with E-state index >= 15 is 0 Å². The lowest BCUT2D eigenvalue weighted by Crippen LogP contribution is -2.14. The van der Waals surface area contributed by atoms with Gasteiger partial charge in [-0.15, -0.1) is 0 Å². The first-order valence-corrected chi connectivity index (χ1v) is 6.82. The Bertz CT molecular complexity index is 813. The van der Waals surface area contributed by atoms with Crippen LogP contribution in [0.1, 0.15) is 23.5 Å². The highest BCUT2D eigenvalue weighted by Crippen LogP contribution is 2.09. The zero-order valence-electron chi connectivity index (χ0n) is 12.0. The number of aromatic nitrogens is 6. The number of hydrogen-bond acceptors (Lipinski definition) is 5. The predicted octanol–water partition coefficient (Wildman–Crippen LogP) is 0.802. The molecule has 0 spiro atoms. The largest absolute Gasteiger partial charge is 0.370 e. The van der Waals surface area contributed by atoms with Gasteiger partial charge >= 0.3 is 5.69 Å². The minimum atomic E-state index is -0.267. The lowest BCUT2D eigenvalue weighted by Gasteiger charge is -2.07. The highest BCUT2D eigenvalue weighted by Gasteiger charge is 2.06. The zero-order valence-corrected chi connectivity index (χ0v) is 12.0. The van der Waals surface area contributed by atoms with Crippen molar-refractivity contribution in [3.8, 4) is 0 Å².